The molecule has 0 aromatic carbocycles. The highest BCUT2D eigenvalue weighted by atomic mass is 15.3. The van der Waals surface area contributed by atoms with Crippen molar-refractivity contribution in [2.45, 2.75) is 51.2 Å². The summed E-state index contributed by atoms with van der Waals surface area (Å²) in [5.41, 5.74) is 0. The molecule has 2 saturated heterocycles. The highest BCUT2D eigenvalue weighted by Crippen LogP contribution is 2.24. The third-order valence-electron chi connectivity index (χ3n) is 3.92. The Kier molecular flexibility index (Phi) is 3.28. The first-order chi connectivity index (χ1) is 7.22. The summed E-state index contributed by atoms with van der Waals surface area (Å²) in [5.74, 6) is 0. The van der Waals surface area contributed by atoms with Crippen LogP contribution < -0.4 is 0 Å². The number of nitriles is 1. The molecule has 3 nitrogen and oxygen atoms in total. The van der Waals surface area contributed by atoms with Gasteiger partial charge < -0.3 is 0 Å². The predicted molar refractivity (Wildman–Crippen MR) is 60.5 cm³/mol. The van der Waals surface area contributed by atoms with Crippen LogP contribution in [-0.4, -0.2) is 47.6 Å². The Balaban J connectivity index is 2.02. The maximum absolute atomic E-state index is 9.00. The van der Waals surface area contributed by atoms with Crippen LogP contribution in [0.1, 0.15) is 33.1 Å². The molecule has 0 aliphatic carbocycles. The molecule has 0 aromatic heterocycles. The Bertz CT molecular complexity index is 258. The Morgan fingerprint density at radius 2 is 2.13 bits per heavy atom. The summed E-state index contributed by atoms with van der Waals surface area (Å²) in [6.07, 6.45) is 4.04. The zero-order valence-corrected chi connectivity index (χ0v) is 9.82. The molecule has 2 aliphatic heterocycles. The van der Waals surface area contributed by atoms with Gasteiger partial charge in [0, 0.05) is 25.2 Å². The molecule has 0 aromatic rings. The fourth-order valence-electron chi connectivity index (χ4n) is 2.99. The minimum absolute atomic E-state index is 0.0732. The molecule has 84 valence electrons. The van der Waals surface area contributed by atoms with E-state index < -0.39 is 0 Å². The lowest BCUT2D eigenvalue weighted by Crippen LogP contribution is -2.60. The van der Waals surface area contributed by atoms with Crippen molar-refractivity contribution >= 4 is 0 Å². The molecule has 3 unspecified atom stereocenters. The first-order valence-electron chi connectivity index (χ1n) is 6.12. The number of hydrogen-bond donors (Lipinski definition) is 0. The van der Waals surface area contributed by atoms with Crippen LogP contribution in [0.3, 0.4) is 0 Å². The van der Waals surface area contributed by atoms with Gasteiger partial charge in [-0.1, -0.05) is 6.42 Å². The quantitative estimate of drug-likeness (QED) is 0.652. The molecular formula is C12H21N3. The summed E-state index contributed by atoms with van der Waals surface area (Å²) in [7, 11) is 0. The lowest BCUT2D eigenvalue weighted by Gasteiger charge is -2.48. The van der Waals surface area contributed by atoms with E-state index in [2.05, 4.69) is 22.8 Å². The van der Waals surface area contributed by atoms with Gasteiger partial charge in [0.2, 0.25) is 0 Å². The molecule has 2 fully saturated rings. The topological polar surface area (TPSA) is 30.3 Å². The van der Waals surface area contributed by atoms with Gasteiger partial charge in [-0.3, -0.25) is 9.80 Å². The Hall–Kier alpha value is -0.590. The average molecular weight is 207 g/mol. The van der Waals surface area contributed by atoms with Gasteiger partial charge in [-0.25, -0.2) is 0 Å². The predicted octanol–water partition coefficient (Wildman–Crippen LogP) is 1.46. The minimum atomic E-state index is 0.0732. The summed E-state index contributed by atoms with van der Waals surface area (Å²) >= 11 is 0. The smallest absolute Gasteiger partial charge is 0.0952 e. The first kappa shape index (κ1) is 10.9. The van der Waals surface area contributed by atoms with Crippen molar-refractivity contribution in [3.63, 3.8) is 0 Å². The van der Waals surface area contributed by atoms with E-state index in [9.17, 15) is 0 Å². The van der Waals surface area contributed by atoms with Crippen molar-refractivity contribution in [1.29, 1.82) is 5.26 Å². The maximum Gasteiger partial charge on any atom is 0.0952 e. The van der Waals surface area contributed by atoms with Crippen molar-refractivity contribution in [1.82, 2.24) is 9.80 Å². The number of rotatable bonds is 1. The second kappa shape index (κ2) is 4.51. The SMILES string of the molecule is CC(C#N)N1CC2CCCCN2CC1C. The van der Waals surface area contributed by atoms with Gasteiger partial charge in [0.05, 0.1) is 12.1 Å². The van der Waals surface area contributed by atoms with Gasteiger partial charge in [-0.15, -0.1) is 0 Å². The summed E-state index contributed by atoms with van der Waals surface area (Å²) in [6, 6.07) is 3.69. The van der Waals surface area contributed by atoms with Crippen molar-refractivity contribution in [2.24, 2.45) is 0 Å². The standard InChI is InChI=1S/C12H21N3/c1-10(7-13)15-9-12-5-3-4-6-14(12)8-11(15)2/h10-12H,3-6,8-9H2,1-2H3. The normalized spacial score (nSPS) is 35.5. The number of fused-ring (bicyclic) bond motifs is 1. The van der Waals surface area contributed by atoms with Gasteiger partial charge >= 0.3 is 0 Å². The highest BCUT2D eigenvalue weighted by Gasteiger charge is 2.34. The molecular weight excluding hydrogens is 186 g/mol. The van der Waals surface area contributed by atoms with Gasteiger partial charge in [-0.05, 0) is 33.2 Å². The second-order valence-corrected chi connectivity index (χ2v) is 5.00. The second-order valence-electron chi connectivity index (χ2n) is 5.00. The molecule has 15 heavy (non-hydrogen) atoms. The van der Waals surface area contributed by atoms with Crippen LogP contribution in [-0.2, 0) is 0 Å². The number of nitrogens with zero attached hydrogens (tertiary/aromatic N) is 3. The van der Waals surface area contributed by atoms with Gasteiger partial charge in [0.25, 0.3) is 0 Å². The summed E-state index contributed by atoms with van der Waals surface area (Å²) < 4.78 is 0. The highest BCUT2D eigenvalue weighted by molar-refractivity contribution is 4.97. The third kappa shape index (κ3) is 2.16. The number of hydrogen-bond acceptors (Lipinski definition) is 3. The number of piperazine rings is 1. The minimum Gasteiger partial charge on any atom is -0.298 e. The first-order valence-corrected chi connectivity index (χ1v) is 6.12. The molecule has 2 rings (SSSR count). The summed E-state index contributed by atoms with van der Waals surface area (Å²) in [6.45, 7) is 7.78. The van der Waals surface area contributed by atoms with Crippen molar-refractivity contribution < 1.29 is 0 Å². The van der Waals surface area contributed by atoms with E-state index in [1.807, 2.05) is 6.92 Å². The molecule has 0 amide bonds. The largest absolute Gasteiger partial charge is 0.298 e. The van der Waals surface area contributed by atoms with Crippen LogP contribution in [0.4, 0.5) is 0 Å². The van der Waals surface area contributed by atoms with Gasteiger partial charge in [-0.2, -0.15) is 5.26 Å². The monoisotopic (exact) mass is 207 g/mol. The summed E-state index contributed by atoms with van der Waals surface area (Å²) in [4.78, 5) is 4.99. The van der Waals surface area contributed by atoms with E-state index in [1.165, 1.54) is 25.8 Å². The van der Waals surface area contributed by atoms with Crippen molar-refractivity contribution in [3.8, 4) is 6.07 Å². The van der Waals surface area contributed by atoms with E-state index >= 15 is 0 Å². The van der Waals surface area contributed by atoms with E-state index in [-0.39, 0.29) is 6.04 Å². The fraction of sp³-hybridized carbons (Fsp3) is 0.917. The van der Waals surface area contributed by atoms with E-state index in [0.29, 0.717) is 12.1 Å². The lowest BCUT2D eigenvalue weighted by atomic mass is 9.96. The van der Waals surface area contributed by atoms with Crippen LogP contribution in [0.2, 0.25) is 0 Å². The number of piperidine rings is 1. The maximum atomic E-state index is 9.00. The van der Waals surface area contributed by atoms with Crippen LogP contribution in [0.25, 0.3) is 0 Å². The van der Waals surface area contributed by atoms with Gasteiger partial charge in [0.1, 0.15) is 0 Å². The molecule has 0 radical (unpaired) electrons. The zero-order valence-electron chi connectivity index (χ0n) is 9.82. The molecule has 0 saturated carbocycles. The van der Waals surface area contributed by atoms with Crippen LogP contribution >= 0.6 is 0 Å². The fourth-order valence-corrected chi connectivity index (χ4v) is 2.99. The Labute approximate surface area is 92.7 Å². The zero-order chi connectivity index (χ0) is 10.8. The van der Waals surface area contributed by atoms with E-state index in [0.717, 1.165) is 13.1 Å². The van der Waals surface area contributed by atoms with Crippen LogP contribution in [0.15, 0.2) is 0 Å². The molecule has 0 spiro atoms. The lowest BCUT2D eigenvalue weighted by molar-refractivity contribution is 0.00644. The van der Waals surface area contributed by atoms with E-state index in [1.54, 1.807) is 0 Å². The molecule has 0 bridgehead atoms. The molecule has 3 heteroatoms. The van der Waals surface area contributed by atoms with Crippen LogP contribution in [0, 0.1) is 11.3 Å². The summed E-state index contributed by atoms with van der Waals surface area (Å²) in [5, 5.41) is 9.00. The van der Waals surface area contributed by atoms with Crippen molar-refractivity contribution in [3.05, 3.63) is 0 Å². The van der Waals surface area contributed by atoms with Crippen molar-refractivity contribution in [2.75, 3.05) is 19.6 Å². The third-order valence-corrected chi connectivity index (χ3v) is 3.92. The molecule has 0 N–H and O–H groups in total. The van der Waals surface area contributed by atoms with E-state index in [4.69, 9.17) is 5.26 Å². The molecule has 2 heterocycles. The van der Waals surface area contributed by atoms with Crippen LogP contribution in [0.5, 0.6) is 0 Å². The van der Waals surface area contributed by atoms with Gasteiger partial charge in [0.15, 0.2) is 0 Å². The Morgan fingerprint density at radius 3 is 2.87 bits per heavy atom. The molecule has 3 atom stereocenters. The molecule has 2 aliphatic rings. The Morgan fingerprint density at radius 1 is 1.33 bits per heavy atom. The average Bonchev–Trinajstić information content (AvgIpc) is 2.27.